The van der Waals surface area contributed by atoms with Gasteiger partial charge < -0.3 is 20.5 Å². The second kappa shape index (κ2) is 9.47. The molecule has 0 aliphatic carbocycles. The van der Waals surface area contributed by atoms with Gasteiger partial charge in [0.15, 0.2) is 0 Å². The molecule has 26 heavy (non-hydrogen) atoms. The maximum Gasteiger partial charge on any atom is 0.267 e. The van der Waals surface area contributed by atoms with Crippen molar-refractivity contribution in [1.29, 1.82) is 5.26 Å². The first-order valence-corrected chi connectivity index (χ1v) is 8.12. The number of hydrogen-bond donors (Lipinski definition) is 3. The molecule has 0 heterocycles. The van der Waals surface area contributed by atoms with Crippen molar-refractivity contribution in [3.05, 3.63) is 70.4 Å². The lowest BCUT2D eigenvalue weighted by atomic mass is 10.1. The molecule has 2 aromatic carbocycles. The highest BCUT2D eigenvalue weighted by Gasteiger charge is 2.10. The number of aliphatic hydroxyl groups excluding tert-OH is 1. The highest BCUT2D eigenvalue weighted by atomic mass is 35.5. The number of benzene rings is 2. The van der Waals surface area contributed by atoms with E-state index in [1.165, 1.54) is 13.3 Å². The number of hydrogen-bond acceptors (Lipinski definition) is 5. The lowest BCUT2D eigenvalue weighted by Crippen LogP contribution is -2.16. The summed E-state index contributed by atoms with van der Waals surface area (Å²) in [6.07, 6.45) is 1.36. The normalized spacial score (nSPS) is 10.8. The monoisotopic (exact) mass is 371 g/mol. The predicted octanol–water partition coefficient (Wildman–Crippen LogP) is 2.98. The molecule has 7 heteroatoms. The van der Waals surface area contributed by atoms with E-state index in [2.05, 4.69) is 10.6 Å². The molecule has 6 nitrogen and oxygen atoms in total. The maximum atomic E-state index is 12.2. The number of aliphatic hydroxyl groups is 1. The summed E-state index contributed by atoms with van der Waals surface area (Å²) in [6.45, 7) is 0.431. The minimum Gasteiger partial charge on any atom is -0.495 e. The van der Waals surface area contributed by atoms with Gasteiger partial charge in [0.25, 0.3) is 5.91 Å². The number of anilines is 1. The summed E-state index contributed by atoms with van der Waals surface area (Å²) in [7, 11) is 1.50. The van der Waals surface area contributed by atoms with Crippen LogP contribution in [-0.4, -0.2) is 18.1 Å². The maximum absolute atomic E-state index is 12.2. The molecule has 0 fully saturated rings. The molecule has 0 spiro atoms. The van der Waals surface area contributed by atoms with Crippen molar-refractivity contribution in [3.63, 3.8) is 0 Å². The van der Waals surface area contributed by atoms with Gasteiger partial charge >= 0.3 is 0 Å². The summed E-state index contributed by atoms with van der Waals surface area (Å²) in [5.74, 6) is -0.0496. The minimum absolute atomic E-state index is 0.0122. The number of rotatable bonds is 7. The summed E-state index contributed by atoms with van der Waals surface area (Å²) in [6, 6.07) is 14.0. The van der Waals surface area contributed by atoms with E-state index in [-0.39, 0.29) is 12.2 Å². The van der Waals surface area contributed by atoms with Gasteiger partial charge in [0.2, 0.25) is 0 Å². The first-order valence-electron chi connectivity index (χ1n) is 7.74. The summed E-state index contributed by atoms with van der Waals surface area (Å²) < 4.78 is 5.05. The summed E-state index contributed by atoms with van der Waals surface area (Å²) in [4.78, 5) is 12.2. The van der Waals surface area contributed by atoms with Crippen LogP contribution < -0.4 is 15.4 Å². The molecule has 0 bridgehead atoms. The molecule has 0 aliphatic rings. The standard InChI is InChI=1S/C19H18ClN3O3/c1-26-18-7-6-16(8-17(18)20)23-19(25)15(9-21)11-22-10-13-2-4-14(12-24)5-3-13/h2-8,11,22,24H,10,12H2,1H3,(H,23,25)/b15-11-. The number of amides is 1. The van der Waals surface area contributed by atoms with Gasteiger partial charge in [0.1, 0.15) is 17.4 Å². The van der Waals surface area contributed by atoms with Crippen LogP contribution in [0.2, 0.25) is 5.02 Å². The molecule has 0 saturated carbocycles. The van der Waals surface area contributed by atoms with Crippen molar-refractivity contribution in [2.24, 2.45) is 0 Å². The largest absolute Gasteiger partial charge is 0.495 e. The number of nitrogens with one attached hydrogen (secondary N) is 2. The Morgan fingerprint density at radius 1 is 1.27 bits per heavy atom. The topological polar surface area (TPSA) is 94.4 Å². The smallest absolute Gasteiger partial charge is 0.267 e. The van der Waals surface area contributed by atoms with Crippen LogP contribution in [-0.2, 0) is 17.9 Å². The molecule has 0 aromatic heterocycles. The van der Waals surface area contributed by atoms with E-state index in [4.69, 9.17) is 21.4 Å². The van der Waals surface area contributed by atoms with E-state index in [1.54, 1.807) is 18.2 Å². The van der Waals surface area contributed by atoms with Crippen molar-refractivity contribution >= 4 is 23.2 Å². The van der Waals surface area contributed by atoms with Gasteiger partial charge in [-0.3, -0.25) is 4.79 Å². The van der Waals surface area contributed by atoms with Crippen LogP contribution in [0.3, 0.4) is 0 Å². The fourth-order valence-electron chi connectivity index (χ4n) is 2.12. The Morgan fingerprint density at radius 3 is 2.54 bits per heavy atom. The summed E-state index contributed by atoms with van der Waals surface area (Å²) in [5, 5.41) is 24.1. The average molecular weight is 372 g/mol. The molecule has 0 aliphatic heterocycles. The van der Waals surface area contributed by atoms with E-state index < -0.39 is 5.91 Å². The number of methoxy groups -OCH3 is 1. The Hall–Kier alpha value is -3.01. The molecule has 0 radical (unpaired) electrons. The van der Waals surface area contributed by atoms with E-state index in [1.807, 2.05) is 30.3 Å². The molecule has 3 N–H and O–H groups in total. The van der Waals surface area contributed by atoms with Crippen LogP contribution in [0.15, 0.2) is 54.2 Å². The third-order valence-corrected chi connectivity index (χ3v) is 3.83. The quantitative estimate of drug-likeness (QED) is 0.514. The van der Waals surface area contributed by atoms with Crippen LogP contribution in [0.25, 0.3) is 0 Å². The molecule has 0 atom stereocenters. The van der Waals surface area contributed by atoms with Crippen molar-refractivity contribution in [2.45, 2.75) is 13.2 Å². The molecular weight excluding hydrogens is 354 g/mol. The summed E-state index contributed by atoms with van der Waals surface area (Å²) >= 11 is 6.02. The Labute approximate surface area is 156 Å². The molecule has 0 unspecified atom stereocenters. The number of nitrogens with zero attached hydrogens (tertiary/aromatic N) is 1. The lowest BCUT2D eigenvalue weighted by Gasteiger charge is -2.08. The third kappa shape index (κ3) is 5.24. The minimum atomic E-state index is -0.545. The van der Waals surface area contributed by atoms with Gasteiger partial charge in [-0.1, -0.05) is 35.9 Å². The Morgan fingerprint density at radius 2 is 1.96 bits per heavy atom. The lowest BCUT2D eigenvalue weighted by molar-refractivity contribution is -0.112. The van der Waals surface area contributed by atoms with Gasteiger partial charge in [-0.25, -0.2) is 0 Å². The molecule has 134 valence electrons. The number of carbonyl (C=O) groups is 1. The van der Waals surface area contributed by atoms with Crippen LogP contribution in [0.4, 0.5) is 5.69 Å². The zero-order chi connectivity index (χ0) is 18.9. The van der Waals surface area contributed by atoms with Gasteiger partial charge in [-0.2, -0.15) is 5.26 Å². The zero-order valence-corrected chi connectivity index (χ0v) is 14.9. The van der Waals surface area contributed by atoms with E-state index in [9.17, 15) is 10.1 Å². The zero-order valence-electron chi connectivity index (χ0n) is 14.1. The van der Waals surface area contributed by atoms with Crippen molar-refractivity contribution in [1.82, 2.24) is 5.32 Å². The average Bonchev–Trinajstić information content (AvgIpc) is 2.66. The van der Waals surface area contributed by atoms with Crippen molar-refractivity contribution in [3.8, 4) is 11.8 Å². The molecule has 0 saturated heterocycles. The number of ether oxygens (including phenoxy) is 1. The number of carbonyl (C=O) groups excluding carboxylic acids is 1. The first-order chi connectivity index (χ1) is 12.6. The fourth-order valence-corrected chi connectivity index (χ4v) is 2.38. The summed E-state index contributed by atoms with van der Waals surface area (Å²) in [5.41, 5.74) is 2.17. The molecular formula is C19H18ClN3O3. The van der Waals surface area contributed by atoms with Gasteiger partial charge in [-0.05, 0) is 29.3 Å². The number of halogens is 1. The van der Waals surface area contributed by atoms with E-state index >= 15 is 0 Å². The van der Waals surface area contributed by atoms with Crippen molar-refractivity contribution < 1.29 is 14.6 Å². The van der Waals surface area contributed by atoms with E-state index in [0.717, 1.165) is 11.1 Å². The predicted molar refractivity (Wildman–Crippen MR) is 99.5 cm³/mol. The first kappa shape index (κ1) is 19.3. The highest BCUT2D eigenvalue weighted by molar-refractivity contribution is 6.32. The van der Waals surface area contributed by atoms with Gasteiger partial charge in [-0.15, -0.1) is 0 Å². The van der Waals surface area contributed by atoms with E-state index in [0.29, 0.717) is 23.0 Å². The fraction of sp³-hybridized carbons (Fsp3) is 0.158. The van der Waals surface area contributed by atoms with Crippen LogP contribution in [0.1, 0.15) is 11.1 Å². The molecule has 1 amide bonds. The van der Waals surface area contributed by atoms with Crippen LogP contribution in [0.5, 0.6) is 5.75 Å². The van der Waals surface area contributed by atoms with Gasteiger partial charge in [0, 0.05) is 18.4 Å². The molecule has 2 aromatic rings. The van der Waals surface area contributed by atoms with Crippen molar-refractivity contribution in [2.75, 3.05) is 12.4 Å². The SMILES string of the molecule is COc1ccc(NC(=O)/C(C#N)=C\NCc2ccc(CO)cc2)cc1Cl. The Bertz CT molecular complexity index is 842. The second-order valence-electron chi connectivity index (χ2n) is 5.33. The van der Waals surface area contributed by atoms with Gasteiger partial charge in [0.05, 0.1) is 18.7 Å². The van der Waals surface area contributed by atoms with Crippen LogP contribution in [0, 0.1) is 11.3 Å². The number of nitriles is 1. The highest BCUT2D eigenvalue weighted by Crippen LogP contribution is 2.27. The molecule has 2 rings (SSSR count). The Balaban J connectivity index is 1.97. The third-order valence-electron chi connectivity index (χ3n) is 3.53. The second-order valence-corrected chi connectivity index (χ2v) is 5.74. The Kier molecular flexibility index (Phi) is 7.03. The van der Waals surface area contributed by atoms with Crippen LogP contribution >= 0.6 is 11.6 Å².